The normalized spacial score (nSPS) is 10.3. The third-order valence-corrected chi connectivity index (χ3v) is 1.97. The molecule has 0 aliphatic carbocycles. The molecule has 2 nitrogen and oxygen atoms in total. The molecule has 0 radical (unpaired) electrons. The van der Waals surface area contributed by atoms with Gasteiger partial charge in [0.1, 0.15) is 12.4 Å². The molecular formula is C12H16O2. The van der Waals surface area contributed by atoms with Gasteiger partial charge in [-0.2, -0.15) is 0 Å². The maximum Gasteiger partial charge on any atom is 0.167 e. The molecule has 76 valence electrons. The number of carbonyl (C=O) groups excluding carboxylic acids is 1. The molecule has 2 heteroatoms. The molecule has 0 spiro atoms. The molecule has 0 aliphatic heterocycles. The number of benzene rings is 1. The Morgan fingerprint density at radius 1 is 1.43 bits per heavy atom. The first-order valence-corrected chi connectivity index (χ1v) is 4.82. The summed E-state index contributed by atoms with van der Waals surface area (Å²) in [7, 11) is 0. The molecule has 1 aromatic rings. The largest absolute Gasteiger partial charge is 0.486 e. The molecule has 0 aromatic heterocycles. The van der Waals surface area contributed by atoms with Crippen LogP contribution in [-0.2, 0) is 4.79 Å². The van der Waals surface area contributed by atoms with Gasteiger partial charge in [-0.25, -0.2) is 0 Å². The van der Waals surface area contributed by atoms with Crippen LogP contribution in [0.4, 0.5) is 0 Å². The highest BCUT2D eigenvalue weighted by Gasteiger charge is 2.01. The van der Waals surface area contributed by atoms with Crippen molar-refractivity contribution in [2.75, 3.05) is 6.61 Å². The van der Waals surface area contributed by atoms with Gasteiger partial charge in [0.2, 0.25) is 0 Å². The molecule has 0 saturated heterocycles. The molecule has 14 heavy (non-hydrogen) atoms. The molecule has 0 saturated carbocycles. The van der Waals surface area contributed by atoms with Crippen LogP contribution in [0.2, 0.25) is 0 Å². The highest BCUT2D eigenvalue weighted by Crippen LogP contribution is 2.19. The van der Waals surface area contributed by atoms with E-state index in [2.05, 4.69) is 19.9 Å². The van der Waals surface area contributed by atoms with E-state index in [9.17, 15) is 4.79 Å². The number of ether oxygens (including phenoxy) is 1. The predicted molar refractivity (Wildman–Crippen MR) is 56.7 cm³/mol. The van der Waals surface area contributed by atoms with E-state index >= 15 is 0 Å². The fourth-order valence-corrected chi connectivity index (χ4v) is 1.15. The average molecular weight is 192 g/mol. The van der Waals surface area contributed by atoms with Crippen molar-refractivity contribution in [2.24, 2.45) is 0 Å². The SMILES string of the molecule is CC(=O)COc1cccc(C(C)C)c1. The summed E-state index contributed by atoms with van der Waals surface area (Å²) < 4.78 is 5.31. The summed E-state index contributed by atoms with van der Waals surface area (Å²) in [4.78, 5) is 10.7. The van der Waals surface area contributed by atoms with E-state index in [0.29, 0.717) is 5.92 Å². The van der Waals surface area contributed by atoms with E-state index in [1.165, 1.54) is 12.5 Å². The molecule has 1 rings (SSSR count). The predicted octanol–water partition coefficient (Wildman–Crippen LogP) is 2.78. The van der Waals surface area contributed by atoms with Crippen molar-refractivity contribution in [3.8, 4) is 5.75 Å². The van der Waals surface area contributed by atoms with Crippen molar-refractivity contribution < 1.29 is 9.53 Å². The Bertz CT molecular complexity index is 316. The highest BCUT2D eigenvalue weighted by molar-refractivity contribution is 5.77. The van der Waals surface area contributed by atoms with Crippen LogP contribution in [0.3, 0.4) is 0 Å². The summed E-state index contributed by atoms with van der Waals surface area (Å²) in [6, 6.07) is 7.86. The van der Waals surface area contributed by atoms with Gasteiger partial charge in [0.05, 0.1) is 0 Å². The Morgan fingerprint density at radius 2 is 2.14 bits per heavy atom. The minimum atomic E-state index is 0.0416. The van der Waals surface area contributed by atoms with Gasteiger partial charge in [-0.3, -0.25) is 4.79 Å². The van der Waals surface area contributed by atoms with Gasteiger partial charge in [0.25, 0.3) is 0 Å². The Balaban J connectivity index is 2.68. The van der Waals surface area contributed by atoms with Crippen molar-refractivity contribution in [3.05, 3.63) is 29.8 Å². The molecular weight excluding hydrogens is 176 g/mol. The Kier molecular flexibility index (Phi) is 3.69. The number of rotatable bonds is 4. The third kappa shape index (κ3) is 3.21. The van der Waals surface area contributed by atoms with Crippen molar-refractivity contribution in [2.45, 2.75) is 26.7 Å². The molecule has 0 aliphatic rings. The highest BCUT2D eigenvalue weighted by atomic mass is 16.5. The quantitative estimate of drug-likeness (QED) is 0.733. The average Bonchev–Trinajstić information content (AvgIpc) is 2.15. The Hall–Kier alpha value is -1.31. The van der Waals surface area contributed by atoms with Crippen LogP contribution < -0.4 is 4.74 Å². The van der Waals surface area contributed by atoms with E-state index in [1.54, 1.807) is 0 Å². The molecule has 0 N–H and O–H groups in total. The van der Waals surface area contributed by atoms with Crippen LogP contribution in [0.5, 0.6) is 5.75 Å². The van der Waals surface area contributed by atoms with E-state index < -0.39 is 0 Å². The van der Waals surface area contributed by atoms with Gasteiger partial charge in [-0.15, -0.1) is 0 Å². The Labute approximate surface area is 84.9 Å². The first kappa shape index (κ1) is 10.8. The fourth-order valence-electron chi connectivity index (χ4n) is 1.15. The van der Waals surface area contributed by atoms with Gasteiger partial charge in [0.15, 0.2) is 5.78 Å². The second-order valence-corrected chi connectivity index (χ2v) is 3.72. The summed E-state index contributed by atoms with van der Waals surface area (Å²) in [6.45, 7) is 5.93. The van der Waals surface area contributed by atoms with E-state index in [0.717, 1.165) is 5.75 Å². The van der Waals surface area contributed by atoms with E-state index in [1.807, 2.05) is 18.2 Å². The number of hydrogen-bond acceptors (Lipinski definition) is 2. The van der Waals surface area contributed by atoms with Gasteiger partial charge in [-0.05, 0) is 30.5 Å². The van der Waals surface area contributed by atoms with Crippen molar-refractivity contribution in [1.82, 2.24) is 0 Å². The smallest absolute Gasteiger partial charge is 0.167 e. The monoisotopic (exact) mass is 192 g/mol. The second-order valence-electron chi connectivity index (χ2n) is 3.72. The molecule has 0 heterocycles. The lowest BCUT2D eigenvalue weighted by molar-refractivity contribution is -0.118. The minimum Gasteiger partial charge on any atom is -0.486 e. The summed E-state index contributed by atoms with van der Waals surface area (Å²) in [5.41, 5.74) is 1.23. The van der Waals surface area contributed by atoms with Crippen LogP contribution >= 0.6 is 0 Å². The van der Waals surface area contributed by atoms with Crippen LogP contribution in [0.1, 0.15) is 32.3 Å². The molecule has 1 aromatic carbocycles. The third-order valence-electron chi connectivity index (χ3n) is 1.97. The number of ketones is 1. The van der Waals surface area contributed by atoms with Crippen molar-refractivity contribution >= 4 is 5.78 Å². The standard InChI is InChI=1S/C12H16O2/c1-9(2)11-5-4-6-12(7-11)14-8-10(3)13/h4-7,9H,8H2,1-3H3. The summed E-state index contributed by atoms with van der Waals surface area (Å²) >= 11 is 0. The van der Waals surface area contributed by atoms with Gasteiger partial charge < -0.3 is 4.74 Å². The molecule has 0 bridgehead atoms. The molecule has 0 fully saturated rings. The van der Waals surface area contributed by atoms with E-state index in [-0.39, 0.29) is 12.4 Å². The maximum atomic E-state index is 10.7. The van der Waals surface area contributed by atoms with Crippen LogP contribution in [-0.4, -0.2) is 12.4 Å². The molecule has 0 unspecified atom stereocenters. The van der Waals surface area contributed by atoms with E-state index in [4.69, 9.17) is 4.74 Å². The fraction of sp³-hybridized carbons (Fsp3) is 0.417. The second kappa shape index (κ2) is 4.80. The zero-order chi connectivity index (χ0) is 10.6. The Morgan fingerprint density at radius 3 is 2.71 bits per heavy atom. The number of carbonyl (C=O) groups is 1. The lowest BCUT2D eigenvalue weighted by Crippen LogP contribution is -2.06. The first-order valence-electron chi connectivity index (χ1n) is 4.82. The lowest BCUT2D eigenvalue weighted by atomic mass is 10.0. The summed E-state index contributed by atoms with van der Waals surface area (Å²) in [5, 5.41) is 0. The molecule has 0 amide bonds. The zero-order valence-electron chi connectivity index (χ0n) is 8.91. The van der Waals surface area contributed by atoms with Crippen molar-refractivity contribution in [3.63, 3.8) is 0 Å². The first-order chi connectivity index (χ1) is 6.59. The van der Waals surface area contributed by atoms with Crippen LogP contribution in [0.15, 0.2) is 24.3 Å². The maximum absolute atomic E-state index is 10.7. The number of hydrogen-bond donors (Lipinski definition) is 0. The summed E-state index contributed by atoms with van der Waals surface area (Å²) in [5.74, 6) is 1.29. The number of Topliss-reactive ketones (excluding diaryl/α,β-unsaturated/α-hetero) is 1. The van der Waals surface area contributed by atoms with Gasteiger partial charge in [-0.1, -0.05) is 26.0 Å². The minimum absolute atomic E-state index is 0.0416. The summed E-state index contributed by atoms with van der Waals surface area (Å²) in [6.07, 6.45) is 0. The van der Waals surface area contributed by atoms with Crippen LogP contribution in [0.25, 0.3) is 0 Å². The van der Waals surface area contributed by atoms with Crippen molar-refractivity contribution in [1.29, 1.82) is 0 Å². The zero-order valence-corrected chi connectivity index (χ0v) is 8.91. The van der Waals surface area contributed by atoms with Gasteiger partial charge in [0, 0.05) is 0 Å². The topological polar surface area (TPSA) is 26.3 Å². The molecule has 0 atom stereocenters. The lowest BCUT2D eigenvalue weighted by Gasteiger charge is -2.08. The van der Waals surface area contributed by atoms with Crippen LogP contribution in [0, 0.1) is 0 Å². The van der Waals surface area contributed by atoms with Gasteiger partial charge >= 0.3 is 0 Å².